The van der Waals surface area contributed by atoms with Crippen LogP contribution in [-0.2, 0) is 6.54 Å². The highest BCUT2D eigenvalue weighted by Gasteiger charge is 2.13. The Morgan fingerprint density at radius 1 is 1.29 bits per heavy atom. The number of hydrogen-bond donors (Lipinski definition) is 1. The first-order valence-corrected chi connectivity index (χ1v) is 7.79. The van der Waals surface area contributed by atoms with E-state index in [2.05, 4.69) is 38.4 Å². The molecule has 0 amide bonds. The van der Waals surface area contributed by atoms with Crippen LogP contribution in [0.1, 0.15) is 24.4 Å². The van der Waals surface area contributed by atoms with Crippen LogP contribution in [0.25, 0.3) is 5.65 Å². The molecule has 2 heterocycles. The number of nitrogens with zero attached hydrogens (tertiary/aromatic N) is 3. The van der Waals surface area contributed by atoms with Crippen LogP contribution < -0.4 is 5.32 Å². The number of aromatic nitrogens is 3. The molecule has 4 nitrogen and oxygen atoms in total. The molecule has 0 radical (unpaired) electrons. The third kappa shape index (κ3) is 3.10. The van der Waals surface area contributed by atoms with Gasteiger partial charge in [0.2, 0.25) is 0 Å². The maximum absolute atomic E-state index is 6.03. The number of benzene rings is 1. The zero-order valence-electron chi connectivity index (χ0n) is 11.4. The maximum Gasteiger partial charge on any atom is 0.160 e. The lowest BCUT2D eigenvalue weighted by molar-refractivity contribution is 0.541. The van der Waals surface area contributed by atoms with Gasteiger partial charge in [0.15, 0.2) is 11.5 Å². The van der Waals surface area contributed by atoms with Crippen molar-refractivity contribution in [2.24, 2.45) is 0 Å². The van der Waals surface area contributed by atoms with Crippen molar-refractivity contribution in [1.29, 1.82) is 0 Å². The van der Waals surface area contributed by atoms with E-state index in [0.717, 1.165) is 26.5 Å². The summed E-state index contributed by atoms with van der Waals surface area (Å²) in [4.78, 5) is 0. The first-order valence-electron chi connectivity index (χ1n) is 6.62. The normalized spacial score (nSPS) is 12.7. The molecule has 0 fully saturated rings. The van der Waals surface area contributed by atoms with E-state index in [4.69, 9.17) is 11.6 Å². The molecular formula is C15H14BrClN4. The van der Waals surface area contributed by atoms with Gasteiger partial charge < -0.3 is 5.32 Å². The molecule has 0 aliphatic rings. The average molecular weight is 366 g/mol. The maximum atomic E-state index is 6.03. The van der Waals surface area contributed by atoms with E-state index < -0.39 is 0 Å². The Morgan fingerprint density at radius 2 is 2.14 bits per heavy atom. The van der Waals surface area contributed by atoms with Crippen LogP contribution in [0, 0.1) is 0 Å². The molecule has 0 saturated heterocycles. The first-order chi connectivity index (χ1) is 10.1. The largest absolute Gasteiger partial charge is 0.303 e. The van der Waals surface area contributed by atoms with Gasteiger partial charge in [0.25, 0.3) is 0 Å². The Morgan fingerprint density at radius 3 is 3.00 bits per heavy atom. The fourth-order valence-electron chi connectivity index (χ4n) is 2.19. The first kappa shape index (κ1) is 14.5. The predicted octanol–water partition coefficient (Wildman–Crippen LogP) is 4.00. The molecule has 1 atom stereocenters. The molecule has 108 valence electrons. The summed E-state index contributed by atoms with van der Waals surface area (Å²) in [7, 11) is 0. The van der Waals surface area contributed by atoms with Gasteiger partial charge in [0.05, 0.1) is 6.04 Å². The molecule has 1 unspecified atom stereocenters. The van der Waals surface area contributed by atoms with Crippen LogP contribution in [0.5, 0.6) is 0 Å². The molecule has 1 N–H and O–H groups in total. The summed E-state index contributed by atoms with van der Waals surface area (Å²) in [6, 6.07) is 11.7. The second-order valence-electron chi connectivity index (χ2n) is 4.83. The monoisotopic (exact) mass is 364 g/mol. The van der Waals surface area contributed by atoms with Crippen molar-refractivity contribution in [1.82, 2.24) is 19.9 Å². The third-order valence-electron chi connectivity index (χ3n) is 3.33. The van der Waals surface area contributed by atoms with Gasteiger partial charge in [0, 0.05) is 22.2 Å². The van der Waals surface area contributed by atoms with Crippen LogP contribution in [-0.4, -0.2) is 14.6 Å². The van der Waals surface area contributed by atoms with Crippen LogP contribution >= 0.6 is 27.5 Å². The summed E-state index contributed by atoms with van der Waals surface area (Å²) in [6.07, 6.45) is 1.97. The van der Waals surface area contributed by atoms with E-state index in [9.17, 15) is 0 Å². The fraction of sp³-hybridized carbons (Fsp3) is 0.200. The van der Waals surface area contributed by atoms with Gasteiger partial charge in [0.1, 0.15) is 0 Å². The van der Waals surface area contributed by atoms with Gasteiger partial charge in [-0.15, -0.1) is 10.2 Å². The van der Waals surface area contributed by atoms with Crippen molar-refractivity contribution >= 4 is 33.2 Å². The summed E-state index contributed by atoms with van der Waals surface area (Å²) in [5.74, 6) is 0.892. The van der Waals surface area contributed by atoms with Crippen LogP contribution in [0.3, 0.4) is 0 Å². The molecule has 0 bridgehead atoms. The summed E-state index contributed by atoms with van der Waals surface area (Å²) >= 11 is 9.57. The van der Waals surface area contributed by atoms with Gasteiger partial charge in [-0.25, -0.2) is 0 Å². The number of pyridine rings is 1. The smallest absolute Gasteiger partial charge is 0.160 e. The highest BCUT2D eigenvalue weighted by atomic mass is 79.9. The molecule has 2 aromatic heterocycles. The zero-order valence-corrected chi connectivity index (χ0v) is 13.8. The summed E-state index contributed by atoms with van der Waals surface area (Å²) in [5.41, 5.74) is 1.97. The highest BCUT2D eigenvalue weighted by Crippen LogP contribution is 2.22. The second-order valence-corrected chi connectivity index (χ2v) is 6.12. The molecule has 0 spiro atoms. The predicted molar refractivity (Wildman–Crippen MR) is 87.4 cm³/mol. The minimum Gasteiger partial charge on any atom is -0.303 e. The standard InChI is InChI=1S/C15H14BrClN4/c1-10(15-20-19-14-4-2-3-7-21(14)15)18-9-11-8-12(17)5-6-13(11)16/h2-8,10,18H,9H2,1H3. The van der Waals surface area contributed by atoms with E-state index in [1.165, 1.54) is 0 Å². The zero-order chi connectivity index (χ0) is 14.8. The molecule has 0 saturated carbocycles. The lowest BCUT2D eigenvalue weighted by Gasteiger charge is -2.13. The van der Waals surface area contributed by atoms with Gasteiger partial charge >= 0.3 is 0 Å². The third-order valence-corrected chi connectivity index (χ3v) is 4.34. The molecule has 0 aliphatic carbocycles. The average Bonchev–Trinajstić information content (AvgIpc) is 2.92. The number of halogens is 2. The number of fused-ring (bicyclic) bond motifs is 1. The lowest BCUT2D eigenvalue weighted by Crippen LogP contribution is -2.20. The van der Waals surface area contributed by atoms with E-state index in [1.807, 2.05) is 47.0 Å². The van der Waals surface area contributed by atoms with Crippen molar-refractivity contribution in [2.75, 3.05) is 0 Å². The number of hydrogen-bond acceptors (Lipinski definition) is 3. The molecule has 3 rings (SSSR count). The van der Waals surface area contributed by atoms with Gasteiger partial charge in [-0.2, -0.15) is 0 Å². The number of nitrogens with one attached hydrogen (secondary N) is 1. The summed E-state index contributed by atoms with van der Waals surface area (Å²) in [6.45, 7) is 2.77. The summed E-state index contributed by atoms with van der Waals surface area (Å²) < 4.78 is 3.03. The molecule has 1 aromatic carbocycles. The van der Waals surface area contributed by atoms with Crippen molar-refractivity contribution in [2.45, 2.75) is 19.5 Å². The Kier molecular flexibility index (Phi) is 4.24. The Balaban J connectivity index is 1.77. The van der Waals surface area contributed by atoms with Gasteiger partial charge in [-0.1, -0.05) is 33.6 Å². The molecule has 3 aromatic rings. The van der Waals surface area contributed by atoms with Crippen LogP contribution in [0.2, 0.25) is 5.02 Å². The van der Waals surface area contributed by atoms with Crippen LogP contribution in [0.15, 0.2) is 47.1 Å². The second kappa shape index (κ2) is 6.13. The van der Waals surface area contributed by atoms with E-state index in [0.29, 0.717) is 6.54 Å². The van der Waals surface area contributed by atoms with Crippen molar-refractivity contribution in [3.05, 3.63) is 63.5 Å². The Bertz CT molecular complexity index is 771. The quantitative estimate of drug-likeness (QED) is 0.760. The Labute approximate surface area is 136 Å². The molecular weight excluding hydrogens is 352 g/mol. The molecule has 6 heteroatoms. The lowest BCUT2D eigenvalue weighted by atomic mass is 10.2. The van der Waals surface area contributed by atoms with Crippen molar-refractivity contribution in [3.8, 4) is 0 Å². The van der Waals surface area contributed by atoms with Crippen molar-refractivity contribution < 1.29 is 0 Å². The topological polar surface area (TPSA) is 42.2 Å². The molecule has 0 aliphatic heterocycles. The summed E-state index contributed by atoms with van der Waals surface area (Å²) in [5, 5.41) is 12.6. The number of rotatable bonds is 4. The highest BCUT2D eigenvalue weighted by molar-refractivity contribution is 9.10. The van der Waals surface area contributed by atoms with Gasteiger partial charge in [-0.3, -0.25) is 4.40 Å². The van der Waals surface area contributed by atoms with Gasteiger partial charge in [-0.05, 0) is 42.8 Å². The SMILES string of the molecule is CC(NCc1cc(Cl)ccc1Br)c1nnc2ccccn12. The minimum atomic E-state index is 0.0771. The van der Waals surface area contributed by atoms with Crippen molar-refractivity contribution in [3.63, 3.8) is 0 Å². The van der Waals surface area contributed by atoms with E-state index in [-0.39, 0.29) is 6.04 Å². The molecule has 21 heavy (non-hydrogen) atoms. The van der Waals surface area contributed by atoms with Crippen LogP contribution in [0.4, 0.5) is 0 Å². The minimum absolute atomic E-state index is 0.0771. The fourth-order valence-corrected chi connectivity index (χ4v) is 2.77. The Hall–Kier alpha value is -1.43. The van der Waals surface area contributed by atoms with E-state index >= 15 is 0 Å². The van der Waals surface area contributed by atoms with E-state index in [1.54, 1.807) is 0 Å².